The Bertz CT molecular complexity index is 1690. The number of amides is 1. The highest BCUT2D eigenvalue weighted by molar-refractivity contribution is 7.45. The van der Waals surface area contributed by atoms with Crippen molar-refractivity contribution in [3.8, 4) is 0 Å². The molecular weight excluding hydrogens is 1010 g/mol. The van der Waals surface area contributed by atoms with E-state index in [1.807, 2.05) is 45.4 Å². The number of carbonyl (C=O) groups is 2. The van der Waals surface area contributed by atoms with Gasteiger partial charge in [-0.3, -0.25) is 14.2 Å². The Hall–Kier alpha value is -3.07. The van der Waals surface area contributed by atoms with Crippen molar-refractivity contribution in [2.45, 2.75) is 296 Å². The Kier molecular flexibility index (Phi) is 56.8. The number of carbonyl (C=O) groups excluding carboxylic acids is 2. The zero-order valence-electron chi connectivity index (χ0n) is 52.8. The van der Waals surface area contributed by atoms with E-state index < -0.39 is 26.6 Å². The molecule has 0 aliphatic carbocycles. The normalized spacial score (nSPS) is 14.2. The van der Waals surface area contributed by atoms with Gasteiger partial charge in [0.1, 0.15) is 19.3 Å². The number of rotatable bonds is 59. The first-order chi connectivity index (χ1) is 38.9. The van der Waals surface area contributed by atoms with Crippen LogP contribution in [0.1, 0.15) is 284 Å². The van der Waals surface area contributed by atoms with Gasteiger partial charge < -0.3 is 28.5 Å². The number of hydrogen-bond donors (Lipinski definition) is 1. The summed E-state index contributed by atoms with van der Waals surface area (Å²) in [7, 11) is 1.14. The fraction of sp³-hybridized carbons (Fsp3) is 0.743. The second-order valence-electron chi connectivity index (χ2n) is 23.2. The van der Waals surface area contributed by atoms with Crippen LogP contribution in [0.5, 0.6) is 0 Å². The zero-order chi connectivity index (χ0) is 58.6. The third-order valence-electron chi connectivity index (χ3n) is 14.3. The van der Waals surface area contributed by atoms with Crippen LogP contribution in [0.2, 0.25) is 0 Å². The molecule has 0 spiro atoms. The van der Waals surface area contributed by atoms with Crippen molar-refractivity contribution in [1.29, 1.82) is 0 Å². The molecule has 3 unspecified atom stereocenters. The molecule has 0 rings (SSSR count). The summed E-state index contributed by atoms with van der Waals surface area (Å²) in [5.41, 5.74) is 0. The lowest BCUT2D eigenvalue weighted by molar-refractivity contribution is -0.870. The van der Waals surface area contributed by atoms with Gasteiger partial charge >= 0.3 is 5.97 Å². The monoisotopic (exact) mass is 1140 g/mol. The van der Waals surface area contributed by atoms with Crippen LogP contribution in [-0.4, -0.2) is 69.4 Å². The summed E-state index contributed by atoms with van der Waals surface area (Å²) in [5, 5.41) is 2.98. The van der Waals surface area contributed by atoms with Crippen molar-refractivity contribution in [2.24, 2.45) is 0 Å². The minimum Gasteiger partial charge on any atom is -0.756 e. The number of hydrogen-bond acceptors (Lipinski definition) is 7. The van der Waals surface area contributed by atoms with Crippen LogP contribution in [0.4, 0.5) is 0 Å². The van der Waals surface area contributed by atoms with E-state index in [1.165, 1.54) is 167 Å². The van der Waals surface area contributed by atoms with Gasteiger partial charge in [0.25, 0.3) is 7.82 Å². The summed E-state index contributed by atoms with van der Waals surface area (Å²) in [4.78, 5) is 40.0. The van der Waals surface area contributed by atoms with E-state index in [0.717, 1.165) is 77.0 Å². The van der Waals surface area contributed by atoms with Crippen LogP contribution >= 0.6 is 7.82 Å². The van der Waals surface area contributed by atoms with E-state index in [-0.39, 0.29) is 31.3 Å². The SMILES string of the molecule is CC/C=C/C/C=C/C/C=C/C/C=C/C/C=C/CCC(=O)NC(COP(=O)([O-])OCC[N+](C)(C)C)C(/C=C\CCCCCCCCCCCCC)OC(=O)CCCCCCCCCCCCCCCCC/C=C\C/C=C\CCCCC. The molecule has 0 aromatic heterocycles. The number of phosphoric acid groups is 1. The number of nitrogens with one attached hydrogen (secondary N) is 1. The fourth-order valence-corrected chi connectivity index (χ4v) is 9.91. The summed E-state index contributed by atoms with van der Waals surface area (Å²) >= 11 is 0. The van der Waals surface area contributed by atoms with Crippen LogP contribution in [0, 0.1) is 0 Å². The van der Waals surface area contributed by atoms with Gasteiger partial charge in [0, 0.05) is 12.8 Å². The summed E-state index contributed by atoms with van der Waals surface area (Å²) < 4.78 is 30.3. The number of ether oxygens (including phenoxy) is 1. The molecule has 0 fully saturated rings. The molecule has 80 heavy (non-hydrogen) atoms. The molecule has 0 radical (unpaired) electrons. The van der Waals surface area contributed by atoms with E-state index in [2.05, 4.69) is 99.0 Å². The van der Waals surface area contributed by atoms with E-state index >= 15 is 0 Å². The number of esters is 1. The van der Waals surface area contributed by atoms with E-state index in [4.69, 9.17) is 13.8 Å². The molecule has 0 bridgehead atoms. The Morgan fingerprint density at radius 3 is 1.25 bits per heavy atom. The minimum absolute atomic E-state index is 0.0387. The maximum atomic E-state index is 13.5. The Labute approximate surface area is 494 Å². The summed E-state index contributed by atoms with van der Waals surface area (Å²) in [6.45, 7) is 6.66. The van der Waals surface area contributed by atoms with Gasteiger partial charge in [-0.15, -0.1) is 0 Å². The first-order valence-corrected chi connectivity index (χ1v) is 34.5. The topological polar surface area (TPSA) is 114 Å². The van der Waals surface area contributed by atoms with Gasteiger partial charge in [-0.2, -0.15) is 0 Å². The molecule has 0 saturated carbocycles. The van der Waals surface area contributed by atoms with Crippen molar-refractivity contribution in [2.75, 3.05) is 40.9 Å². The molecule has 0 aromatic rings. The lowest BCUT2D eigenvalue weighted by Crippen LogP contribution is -2.47. The van der Waals surface area contributed by atoms with Gasteiger partial charge in [0.05, 0.1) is 33.8 Å². The predicted octanol–water partition coefficient (Wildman–Crippen LogP) is 20.1. The van der Waals surface area contributed by atoms with Crippen molar-refractivity contribution >= 4 is 19.7 Å². The number of quaternary nitrogens is 1. The van der Waals surface area contributed by atoms with Gasteiger partial charge in [0.15, 0.2) is 0 Å². The lowest BCUT2D eigenvalue weighted by atomic mass is 10.0. The second-order valence-corrected chi connectivity index (χ2v) is 24.6. The van der Waals surface area contributed by atoms with Gasteiger partial charge in [-0.1, -0.05) is 272 Å². The molecule has 9 nitrogen and oxygen atoms in total. The maximum absolute atomic E-state index is 13.5. The Morgan fingerprint density at radius 2 is 0.812 bits per heavy atom. The predicted molar refractivity (Wildman–Crippen MR) is 344 cm³/mol. The lowest BCUT2D eigenvalue weighted by Gasteiger charge is -2.30. The number of likely N-dealkylation sites (N-methyl/N-ethyl adjacent to an activating group) is 1. The molecule has 0 saturated heterocycles. The highest BCUT2D eigenvalue weighted by Gasteiger charge is 2.27. The van der Waals surface area contributed by atoms with Crippen molar-refractivity contribution in [1.82, 2.24) is 5.32 Å². The highest BCUT2D eigenvalue weighted by atomic mass is 31.2. The molecule has 1 amide bonds. The second kappa shape index (κ2) is 59.1. The molecule has 0 aromatic carbocycles. The average molecular weight is 1140 g/mol. The average Bonchev–Trinajstić information content (AvgIpc) is 3.42. The molecule has 462 valence electrons. The largest absolute Gasteiger partial charge is 0.756 e. The van der Waals surface area contributed by atoms with E-state index in [1.54, 1.807) is 0 Å². The zero-order valence-corrected chi connectivity index (χ0v) is 53.7. The van der Waals surface area contributed by atoms with Crippen LogP contribution < -0.4 is 10.2 Å². The summed E-state index contributed by atoms with van der Waals surface area (Å²) in [6, 6.07) is -0.932. The molecule has 3 atom stereocenters. The molecule has 1 N–H and O–H groups in total. The van der Waals surface area contributed by atoms with Crippen molar-refractivity contribution in [3.05, 3.63) is 97.2 Å². The van der Waals surface area contributed by atoms with Gasteiger partial charge in [-0.25, -0.2) is 0 Å². The molecule has 0 aliphatic rings. The maximum Gasteiger partial charge on any atom is 0.306 e. The number of unbranched alkanes of at least 4 members (excludes halogenated alkanes) is 29. The summed E-state index contributed by atoms with van der Waals surface area (Å²) in [5.74, 6) is -0.635. The van der Waals surface area contributed by atoms with Crippen LogP contribution in [0.25, 0.3) is 0 Å². The van der Waals surface area contributed by atoms with Crippen LogP contribution in [0.3, 0.4) is 0 Å². The van der Waals surface area contributed by atoms with Crippen molar-refractivity contribution in [3.63, 3.8) is 0 Å². The molecular formula is C70H125N2O7P. The third kappa shape index (κ3) is 59.5. The highest BCUT2D eigenvalue weighted by Crippen LogP contribution is 2.38. The van der Waals surface area contributed by atoms with Crippen molar-refractivity contribution < 1.29 is 37.3 Å². The number of nitrogens with zero attached hydrogens (tertiary/aromatic N) is 1. The Morgan fingerprint density at radius 1 is 0.450 bits per heavy atom. The molecule has 0 aliphatic heterocycles. The van der Waals surface area contributed by atoms with Gasteiger partial charge in [0.2, 0.25) is 5.91 Å². The number of phosphoric ester groups is 1. The first-order valence-electron chi connectivity index (χ1n) is 33.0. The first kappa shape index (κ1) is 76.9. The summed E-state index contributed by atoms with van der Waals surface area (Å²) in [6.07, 6.45) is 79.8. The fourth-order valence-electron chi connectivity index (χ4n) is 9.19. The quantitative estimate of drug-likeness (QED) is 0.0212. The van der Waals surface area contributed by atoms with Crippen LogP contribution in [-0.2, 0) is 27.9 Å². The molecule has 10 heteroatoms. The van der Waals surface area contributed by atoms with E-state index in [0.29, 0.717) is 17.4 Å². The van der Waals surface area contributed by atoms with Crippen LogP contribution in [0.15, 0.2) is 97.2 Å². The third-order valence-corrected chi connectivity index (χ3v) is 15.2. The Balaban J connectivity index is 5.20. The molecule has 0 heterocycles. The number of allylic oxidation sites excluding steroid dienone is 15. The van der Waals surface area contributed by atoms with E-state index in [9.17, 15) is 19.0 Å². The smallest absolute Gasteiger partial charge is 0.306 e. The minimum atomic E-state index is -4.72. The van der Waals surface area contributed by atoms with Gasteiger partial charge in [-0.05, 0) is 96.0 Å². The standard InChI is InChI=1S/C70H125N2O7P/c1-7-10-13-16-19-22-25-28-30-32-33-34-35-36-37-38-39-40-42-45-48-51-54-57-60-63-70(74)79-68(61-58-55-52-49-46-43-27-24-21-18-15-12-9-3)67(66-78-80(75,76)77-65-64-72(4,5)6)71-69(73)62-59-56-53-50-47-44-41-31-29-26-23-20-17-14-11-8-2/h11,14,19-20,22-23,28-31,44,47,53,56,58,61,67-68H,7-10,12-13,15-18,21,24-27,32-43,45-46,48-52,54-55,57,59-60,62-66H2,1-6H3,(H-,71,73,75,76)/b14-11+,22-19-,23-20+,30-28-,31-29+,47-44+,56-53+,61-58-.